The highest BCUT2D eigenvalue weighted by Crippen LogP contribution is 2.42. The summed E-state index contributed by atoms with van der Waals surface area (Å²) in [5.74, 6) is 0.320. The zero-order chi connectivity index (χ0) is 22.1. The van der Waals surface area contributed by atoms with E-state index in [1.807, 2.05) is 36.4 Å². The molecule has 0 atom stereocenters. The van der Waals surface area contributed by atoms with Crippen molar-refractivity contribution < 1.29 is 9.53 Å². The zero-order valence-electron chi connectivity index (χ0n) is 17.3. The van der Waals surface area contributed by atoms with Crippen LogP contribution in [0.4, 0.5) is 0 Å². The fraction of sp³-hybridized carbons (Fsp3) is 0.120. The van der Waals surface area contributed by atoms with Crippen molar-refractivity contribution in [3.05, 3.63) is 88.7 Å². The molecule has 0 saturated carbocycles. The van der Waals surface area contributed by atoms with Gasteiger partial charge in [-0.2, -0.15) is 10.4 Å². The van der Waals surface area contributed by atoms with Gasteiger partial charge in [-0.05, 0) is 47.5 Å². The summed E-state index contributed by atoms with van der Waals surface area (Å²) >= 11 is 0. The van der Waals surface area contributed by atoms with E-state index >= 15 is 0 Å². The van der Waals surface area contributed by atoms with Crippen LogP contribution >= 0.6 is 0 Å². The number of hydrogen-bond acceptors (Lipinski definition) is 5. The highest BCUT2D eigenvalue weighted by molar-refractivity contribution is 5.99. The number of hydrogen-bond donors (Lipinski definition) is 2. The van der Waals surface area contributed by atoms with Gasteiger partial charge >= 0.3 is 0 Å². The molecule has 7 heteroatoms. The lowest BCUT2D eigenvalue weighted by Gasteiger charge is -2.12. The van der Waals surface area contributed by atoms with Crippen molar-refractivity contribution in [3.63, 3.8) is 0 Å². The molecule has 0 bridgehead atoms. The predicted octanol–water partition coefficient (Wildman–Crippen LogP) is 3.85. The molecular weight excluding hydrogens is 402 g/mol. The molecule has 0 radical (unpaired) electrons. The number of rotatable bonds is 5. The predicted molar refractivity (Wildman–Crippen MR) is 119 cm³/mol. The summed E-state index contributed by atoms with van der Waals surface area (Å²) < 4.78 is 5.54. The second-order valence-electron chi connectivity index (χ2n) is 7.54. The van der Waals surface area contributed by atoms with E-state index < -0.39 is 0 Å². The SMILES string of the molecule is COc1cc2c(cc1C(=O)NCc1ccncc1)Cc1c(-c3ccc(C#N)cc3)n[nH]c1-2. The Kier molecular flexibility index (Phi) is 4.88. The average Bonchev–Trinajstić information content (AvgIpc) is 3.41. The number of carbonyl (C=O) groups is 1. The van der Waals surface area contributed by atoms with Crippen LogP contribution in [-0.2, 0) is 13.0 Å². The number of methoxy groups -OCH3 is 1. The number of aromatic nitrogens is 3. The van der Waals surface area contributed by atoms with Crippen LogP contribution < -0.4 is 10.1 Å². The van der Waals surface area contributed by atoms with Crippen LogP contribution in [0.3, 0.4) is 0 Å². The van der Waals surface area contributed by atoms with E-state index in [2.05, 4.69) is 26.6 Å². The summed E-state index contributed by atoms with van der Waals surface area (Å²) in [6, 6.07) is 17.0. The molecule has 2 N–H and O–H groups in total. The molecule has 0 aliphatic heterocycles. The number of pyridine rings is 1. The van der Waals surface area contributed by atoms with Gasteiger partial charge in [0.1, 0.15) is 5.75 Å². The number of fused-ring (bicyclic) bond motifs is 3. The number of benzene rings is 2. The molecule has 5 rings (SSSR count). The third-order valence-electron chi connectivity index (χ3n) is 5.66. The molecule has 1 amide bonds. The summed E-state index contributed by atoms with van der Waals surface area (Å²) in [7, 11) is 1.56. The summed E-state index contributed by atoms with van der Waals surface area (Å²) in [5, 5.41) is 19.6. The molecule has 156 valence electrons. The fourth-order valence-corrected chi connectivity index (χ4v) is 4.02. The molecular formula is C25H19N5O2. The van der Waals surface area contributed by atoms with Crippen LogP contribution in [0, 0.1) is 11.3 Å². The average molecular weight is 421 g/mol. The number of nitrogens with one attached hydrogen (secondary N) is 2. The first kappa shape index (κ1) is 19.5. The third kappa shape index (κ3) is 3.38. The number of ether oxygens (including phenoxy) is 1. The lowest BCUT2D eigenvalue weighted by atomic mass is 10.0. The first-order valence-corrected chi connectivity index (χ1v) is 10.1. The first-order chi connectivity index (χ1) is 15.7. The maximum absolute atomic E-state index is 12.9. The lowest BCUT2D eigenvalue weighted by molar-refractivity contribution is 0.0948. The minimum absolute atomic E-state index is 0.192. The summed E-state index contributed by atoms with van der Waals surface area (Å²) in [4.78, 5) is 16.9. The summed E-state index contributed by atoms with van der Waals surface area (Å²) in [6.45, 7) is 0.410. The first-order valence-electron chi connectivity index (χ1n) is 10.1. The van der Waals surface area contributed by atoms with Crippen molar-refractivity contribution in [2.75, 3.05) is 7.11 Å². The molecule has 2 heterocycles. The standard InChI is InChI=1S/C25H19N5O2/c1-32-22-12-19-18(10-20(22)25(31)28-14-16-6-8-27-9-7-16)11-21-23(29-30-24(19)21)17-4-2-15(13-26)3-5-17/h2-10,12H,11,14H2,1H3,(H,28,31)(H,29,30). The Morgan fingerprint density at radius 2 is 1.97 bits per heavy atom. The quantitative estimate of drug-likeness (QED) is 0.449. The molecule has 0 spiro atoms. The maximum atomic E-state index is 12.9. The number of aromatic amines is 1. The van der Waals surface area contributed by atoms with E-state index in [1.165, 1.54) is 0 Å². The van der Waals surface area contributed by atoms with E-state index in [1.54, 1.807) is 31.6 Å². The van der Waals surface area contributed by atoms with Gasteiger partial charge in [-0.25, -0.2) is 0 Å². The Bertz CT molecular complexity index is 1350. The van der Waals surface area contributed by atoms with Gasteiger partial charge in [0, 0.05) is 42.0 Å². The zero-order valence-corrected chi connectivity index (χ0v) is 17.3. The van der Waals surface area contributed by atoms with E-state index in [9.17, 15) is 4.79 Å². The Hall–Kier alpha value is -4.44. The fourth-order valence-electron chi connectivity index (χ4n) is 4.02. The van der Waals surface area contributed by atoms with Gasteiger partial charge in [0.2, 0.25) is 0 Å². The molecule has 1 aliphatic carbocycles. The van der Waals surface area contributed by atoms with Gasteiger partial charge < -0.3 is 10.1 Å². The van der Waals surface area contributed by atoms with Gasteiger partial charge in [-0.1, -0.05) is 12.1 Å². The van der Waals surface area contributed by atoms with E-state index in [0.717, 1.165) is 39.2 Å². The van der Waals surface area contributed by atoms with Crippen molar-refractivity contribution in [2.24, 2.45) is 0 Å². The minimum Gasteiger partial charge on any atom is -0.496 e. The van der Waals surface area contributed by atoms with Crippen LogP contribution in [-0.4, -0.2) is 28.2 Å². The monoisotopic (exact) mass is 421 g/mol. The molecule has 2 aromatic heterocycles. The number of nitriles is 1. The summed E-state index contributed by atoms with van der Waals surface area (Å²) in [5.41, 5.74) is 7.90. The second-order valence-corrected chi connectivity index (χ2v) is 7.54. The van der Waals surface area contributed by atoms with Crippen LogP contribution in [0.15, 0.2) is 60.9 Å². The van der Waals surface area contributed by atoms with Crippen LogP contribution in [0.2, 0.25) is 0 Å². The molecule has 32 heavy (non-hydrogen) atoms. The molecule has 0 unspecified atom stereocenters. The Balaban J connectivity index is 1.44. The third-order valence-corrected chi connectivity index (χ3v) is 5.66. The number of nitrogens with zero attached hydrogens (tertiary/aromatic N) is 3. The Labute approximate surface area is 184 Å². The second kappa shape index (κ2) is 8.00. The van der Waals surface area contributed by atoms with Crippen LogP contribution in [0.1, 0.15) is 32.6 Å². The van der Waals surface area contributed by atoms with E-state index in [0.29, 0.717) is 29.8 Å². The largest absolute Gasteiger partial charge is 0.496 e. The van der Waals surface area contributed by atoms with Crippen molar-refractivity contribution in [1.29, 1.82) is 5.26 Å². The number of amides is 1. The van der Waals surface area contributed by atoms with Crippen molar-refractivity contribution in [3.8, 4) is 34.3 Å². The molecule has 0 fully saturated rings. The van der Waals surface area contributed by atoms with Crippen molar-refractivity contribution in [1.82, 2.24) is 20.5 Å². The summed E-state index contributed by atoms with van der Waals surface area (Å²) in [6.07, 6.45) is 4.06. The van der Waals surface area contributed by atoms with Crippen molar-refractivity contribution >= 4 is 5.91 Å². The molecule has 2 aromatic carbocycles. The molecule has 1 aliphatic rings. The van der Waals surface area contributed by atoms with Crippen molar-refractivity contribution in [2.45, 2.75) is 13.0 Å². The number of carbonyl (C=O) groups excluding carboxylic acids is 1. The Morgan fingerprint density at radius 1 is 1.19 bits per heavy atom. The Morgan fingerprint density at radius 3 is 2.69 bits per heavy atom. The number of H-pyrrole nitrogens is 1. The molecule has 0 saturated heterocycles. The smallest absolute Gasteiger partial charge is 0.255 e. The van der Waals surface area contributed by atoms with Gasteiger partial charge in [0.05, 0.1) is 35.7 Å². The van der Waals surface area contributed by atoms with E-state index in [4.69, 9.17) is 10.00 Å². The molecule has 4 aromatic rings. The molecule has 7 nitrogen and oxygen atoms in total. The van der Waals surface area contributed by atoms with Gasteiger partial charge in [0.25, 0.3) is 5.91 Å². The van der Waals surface area contributed by atoms with Gasteiger partial charge in [-0.15, -0.1) is 0 Å². The normalized spacial score (nSPS) is 11.4. The maximum Gasteiger partial charge on any atom is 0.255 e. The van der Waals surface area contributed by atoms with Crippen LogP contribution in [0.25, 0.3) is 22.5 Å². The highest BCUT2D eigenvalue weighted by atomic mass is 16.5. The highest BCUT2D eigenvalue weighted by Gasteiger charge is 2.28. The van der Waals surface area contributed by atoms with Gasteiger partial charge in [0.15, 0.2) is 0 Å². The van der Waals surface area contributed by atoms with Gasteiger partial charge in [-0.3, -0.25) is 14.9 Å². The minimum atomic E-state index is -0.192. The topological polar surface area (TPSA) is 104 Å². The van der Waals surface area contributed by atoms with Crippen LogP contribution in [0.5, 0.6) is 5.75 Å². The van der Waals surface area contributed by atoms with E-state index in [-0.39, 0.29) is 5.91 Å². The lowest BCUT2D eigenvalue weighted by Crippen LogP contribution is -2.23.